The smallest absolute Gasteiger partial charge is 0.260 e. The van der Waals surface area contributed by atoms with Crippen molar-refractivity contribution >= 4 is 11.6 Å². The van der Waals surface area contributed by atoms with Gasteiger partial charge in [-0.15, -0.1) is 0 Å². The number of amides is 1. The number of ether oxygens (including phenoxy) is 1. The van der Waals surface area contributed by atoms with Crippen LogP contribution in [0.3, 0.4) is 0 Å². The Morgan fingerprint density at radius 2 is 2.16 bits per heavy atom. The van der Waals surface area contributed by atoms with Crippen molar-refractivity contribution in [3.63, 3.8) is 0 Å². The molecule has 1 fully saturated rings. The summed E-state index contributed by atoms with van der Waals surface area (Å²) in [6.07, 6.45) is 0. The molecular weight excluding hydrogens is 242 g/mol. The molecule has 0 saturated carbocycles. The second-order valence-electron chi connectivity index (χ2n) is 5.02. The van der Waals surface area contributed by atoms with Crippen molar-refractivity contribution in [2.24, 2.45) is 0 Å². The van der Waals surface area contributed by atoms with Crippen LogP contribution >= 0.6 is 0 Å². The number of likely N-dealkylation sites (N-methyl/N-ethyl adjacent to an activating group) is 1. The number of hydrogen-bond acceptors (Lipinski definition) is 4. The number of carbonyl (C=O) groups is 1. The Balaban J connectivity index is 1.89. The summed E-state index contributed by atoms with van der Waals surface area (Å²) in [6.45, 7) is 4.67. The maximum Gasteiger partial charge on any atom is 0.260 e. The van der Waals surface area contributed by atoms with Gasteiger partial charge in [0.25, 0.3) is 5.91 Å². The summed E-state index contributed by atoms with van der Waals surface area (Å²) in [6, 6.07) is 7.44. The highest BCUT2D eigenvalue weighted by Gasteiger charge is 2.25. The van der Waals surface area contributed by atoms with Gasteiger partial charge < -0.3 is 20.3 Å². The van der Waals surface area contributed by atoms with Crippen LogP contribution in [0.1, 0.15) is 6.92 Å². The number of carbonyl (C=O) groups excluding carboxylic acids is 1. The summed E-state index contributed by atoms with van der Waals surface area (Å²) >= 11 is 0. The second-order valence-corrected chi connectivity index (χ2v) is 5.02. The summed E-state index contributed by atoms with van der Waals surface area (Å²) in [5, 5.41) is 0. The molecule has 1 aliphatic heterocycles. The van der Waals surface area contributed by atoms with E-state index in [0.717, 1.165) is 19.6 Å². The zero-order chi connectivity index (χ0) is 13.8. The van der Waals surface area contributed by atoms with E-state index in [-0.39, 0.29) is 18.6 Å². The van der Waals surface area contributed by atoms with Gasteiger partial charge in [0, 0.05) is 25.7 Å². The fourth-order valence-electron chi connectivity index (χ4n) is 2.34. The number of anilines is 1. The Kier molecular flexibility index (Phi) is 4.27. The average molecular weight is 263 g/mol. The van der Waals surface area contributed by atoms with Crippen molar-refractivity contribution in [1.82, 2.24) is 9.80 Å². The van der Waals surface area contributed by atoms with Crippen LogP contribution in [-0.4, -0.2) is 55.0 Å². The lowest BCUT2D eigenvalue weighted by molar-refractivity contribution is -0.137. The SMILES string of the molecule is CC1CN(C)CCN1C(=O)COc1ccccc1N. The molecule has 1 aromatic carbocycles. The lowest BCUT2D eigenvalue weighted by atomic mass is 10.2. The van der Waals surface area contributed by atoms with Gasteiger partial charge >= 0.3 is 0 Å². The van der Waals surface area contributed by atoms with E-state index in [1.165, 1.54) is 0 Å². The highest BCUT2D eigenvalue weighted by molar-refractivity contribution is 5.78. The van der Waals surface area contributed by atoms with Crippen LogP contribution < -0.4 is 10.5 Å². The van der Waals surface area contributed by atoms with Crippen LogP contribution in [-0.2, 0) is 4.79 Å². The van der Waals surface area contributed by atoms with E-state index >= 15 is 0 Å². The van der Waals surface area contributed by atoms with Gasteiger partial charge in [-0.25, -0.2) is 0 Å². The molecule has 1 atom stereocenters. The van der Waals surface area contributed by atoms with Gasteiger partial charge in [-0.3, -0.25) is 4.79 Å². The minimum Gasteiger partial charge on any atom is -0.482 e. The molecule has 2 rings (SSSR count). The maximum atomic E-state index is 12.1. The van der Waals surface area contributed by atoms with Crippen LogP contribution in [0.5, 0.6) is 5.75 Å². The molecule has 5 heteroatoms. The third kappa shape index (κ3) is 3.38. The van der Waals surface area contributed by atoms with E-state index in [9.17, 15) is 4.79 Å². The largest absolute Gasteiger partial charge is 0.482 e. The topological polar surface area (TPSA) is 58.8 Å². The molecule has 1 unspecified atom stereocenters. The summed E-state index contributed by atoms with van der Waals surface area (Å²) in [5.74, 6) is 0.585. The number of benzene rings is 1. The molecule has 1 aliphatic rings. The van der Waals surface area contributed by atoms with E-state index in [1.807, 2.05) is 17.0 Å². The highest BCUT2D eigenvalue weighted by Crippen LogP contribution is 2.20. The van der Waals surface area contributed by atoms with Crippen molar-refractivity contribution in [1.29, 1.82) is 0 Å². The maximum absolute atomic E-state index is 12.1. The van der Waals surface area contributed by atoms with Crippen LogP contribution in [0.15, 0.2) is 24.3 Å². The first-order chi connectivity index (χ1) is 9.08. The number of piperazine rings is 1. The van der Waals surface area contributed by atoms with E-state index < -0.39 is 0 Å². The number of hydrogen-bond donors (Lipinski definition) is 1. The summed E-state index contributed by atoms with van der Waals surface area (Å²) < 4.78 is 5.50. The number of nitrogens with zero attached hydrogens (tertiary/aromatic N) is 2. The van der Waals surface area contributed by atoms with E-state index in [2.05, 4.69) is 18.9 Å². The minimum absolute atomic E-state index is 0.0175. The van der Waals surface area contributed by atoms with E-state index in [1.54, 1.807) is 12.1 Å². The fraction of sp³-hybridized carbons (Fsp3) is 0.500. The Morgan fingerprint density at radius 1 is 1.42 bits per heavy atom. The van der Waals surface area contributed by atoms with Gasteiger partial charge in [-0.1, -0.05) is 12.1 Å². The molecule has 1 aromatic rings. The standard InChI is InChI=1S/C14H21N3O2/c1-11-9-16(2)7-8-17(11)14(18)10-19-13-6-4-3-5-12(13)15/h3-6,11H,7-10,15H2,1-2H3. The summed E-state index contributed by atoms with van der Waals surface area (Å²) in [5.41, 5.74) is 6.33. The third-order valence-electron chi connectivity index (χ3n) is 3.42. The van der Waals surface area contributed by atoms with Gasteiger partial charge in [0.2, 0.25) is 0 Å². The zero-order valence-corrected chi connectivity index (χ0v) is 11.5. The van der Waals surface area contributed by atoms with Crippen molar-refractivity contribution in [2.45, 2.75) is 13.0 Å². The minimum atomic E-state index is 0.0175. The predicted molar refractivity (Wildman–Crippen MR) is 75.0 cm³/mol. The van der Waals surface area contributed by atoms with Crippen molar-refractivity contribution in [3.8, 4) is 5.75 Å². The molecule has 104 valence electrons. The van der Waals surface area contributed by atoms with Crippen molar-refractivity contribution < 1.29 is 9.53 Å². The summed E-state index contributed by atoms with van der Waals surface area (Å²) in [4.78, 5) is 16.2. The zero-order valence-electron chi connectivity index (χ0n) is 11.5. The predicted octanol–water partition coefficient (Wildman–Crippen LogP) is 0.810. The molecule has 1 saturated heterocycles. The Hall–Kier alpha value is -1.75. The molecule has 0 radical (unpaired) electrons. The van der Waals surface area contributed by atoms with Crippen molar-refractivity contribution in [3.05, 3.63) is 24.3 Å². The molecule has 0 aromatic heterocycles. The first kappa shape index (κ1) is 13.7. The van der Waals surface area contributed by atoms with E-state index in [4.69, 9.17) is 10.5 Å². The Labute approximate surface area is 113 Å². The number of nitrogens with two attached hydrogens (primary N) is 1. The first-order valence-corrected chi connectivity index (χ1v) is 6.53. The monoisotopic (exact) mass is 263 g/mol. The van der Waals surface area contributed by atoms with Crippen LogP contribution in [0.25, 0.3) is 0 Å². The third-order valence-corrected chi connectivity index (χ3v) is 3.42. The molecule has 0 spiro atoms. The molecule has 1 heterocycles. The van der Waals surface area contributed by atoms with E-state index in [0.29, 0.717) is 11.4 Å². The number of nitrogen functional groups attached to an aromatic ring is 1. The molecule has 0 bridgehead atoms. The number of para-hydroxylation sites is 2. The van der Waals surface area contributed by atoms with Crippen LogP contribution in [0.2, 0.25) is 0 Å². The Bertz CT molecular complexity index is 450. The molecule has 2 N–H and O–H groups in total. The Morgan fingerprint density at radius 3 is 2.84 bits per heavy atom. The molecule has 5 nitrogen and oxygen atoms in total. The van der Waals surface area contributed by atoms with Gasteiger partial charge in [0.15, 0.2) is 6.61 Å². The molecule has 1 amide bonds. The lowest BCUT2D eigenvalue weighted by Gasteiger charge is -2.38. The van der Waals surface area contributed by atoms with Gasteiger partial charge in [0.05, 0.1) is 5.69 Å². The quantitative estimate of drug-likeness (QED) is 0.820. The summed E-state index contributed by atoms with van der Waals surface area (Å²) in [7, 11) is 2.07. The molecular formula is C14H21N3O2. The van der Waals surface area contributed by atoms with Gasteiger partial charge in [-0.2, -0.15) is 0 Å². The van der Waals surface area contributed by atoms with Gasteiger partial charge in [0.1, 0.15) is 5.75 Å². The average Bonchev–Trinajstić information content (AvgIpc) is 2.37. The second kappa shape index (κ2) is 5.93. The van der Waals surface area contributed by atoms with Crippen LogP contribution in [0, 0.1) is 0 Å². The van der Waals surface area contributed by atoms with Crippen LogP contribution in [0.4, 0.5) is 5.69 Å². The molecule has 19 heavy (non-hydrogen) atoms. The number of rotatable bonds is 3. The molecule has 0 aliphatic carbocycles. The van der Waals surface area contributed by atoms with Gasteiger partial charge in [-0.05, 0) is 26.1 Å². The highest BCUT2D eigenvalue weighted by atomic mass is 16.5. The normalized spacial score (nSPS) is 20.3. The lowest BCUT2D eigenvalue weighted by Crippen LogP contribution is -2.53. The fourth-order valence-corrected chi connectivity index (χ4v) is 2.34. The van der Waals surface area contributed by atoms with Crippen molar-refractivity contribution in [2.75, 3.05) is 39.0 Å². The first-order valence-electron chi connectivity index (χ1n) is 6.53.